The second-order valence-corrected chi connectivity index (χ2v) is 6.92. The van der Waals surface area contributed by atoms with E-state index in [-0.39, 0.29) is 48.9 Å². The topological polar surface area (TPSA) is 68.2 Å². The summed E-state index contributed by atoms with van der Waals surface area (Å²) in [4.78, 5) is 33.3. The van der Waals surface area contributed by atoms with E-state index in [2.05, 4.69) is 29.1 Å². The molecule has 1 N–H and O–H groups in total. The third-order valence-corrected chi connectivity index (χ3v) is 3.93. The van der Waals surface area contributed by atoms with Gasteiger partial charge in [0.2, 0.25) is 11.8 Å². The highest BCUT2D eigenvalue weighted by Gasteiger charge is 2.24. The Morgan fingerprint density at radius 2 is 1.54 bits per heavy atom. The lowest BCUT2D eigenvalue weighted by atomic mass is 9.92. The van der Waals surface area contributed by atoms with Gasteiger partial charge in [0.25, 0.3) is 0 Å². The van der Waals surface area contributed by atoms with Gasteiger partial charge in [0.15, 0.2) is 5.96 Å². The molecular formula is C16H32IN5O2. The number of amides is 2. The van der Waals surface area contributed by atoms with E-state index in [1.54, 1.807) is 28.2 Å². The number of carbonyl (C=O) groups excluding carboxylic acids is 2. The number of rotatable bonds is 4. The average molecular weight is 453 g/mol. The van der Waals surface area contributed by atoms with Gasteiger partial charge in [0.1, 0.15) is 6.54 Å². The smallest absolute Gasteiger partial charge is 0.243 e. The molecule has 8 heteroatoms. The van der Waals surface area contributed by atoms with Crippen LogP contribution in [0.25, 0.3) is 0 Å². The Hall–Kier alpha value is -1.06. The first-order valence-corrected chi connectivity index (χ1v) is 8.14. The van der Waals surface area contributed by atoms with Crippen LogP contribution in [0.3, 0.4) is 0 Å². The summed E-state index contributed by atoms with van der Waals surface area (Å²) >= 11 is 0. The van der Waals surface area contributed by atoms with Crippen LogP contribution in [-0.4, -0.2) is 86.8 Å². The number of hydrogen-bond donors (Lipinski definition) is 1. The number of nitrogens with one attached hydrogen (secondary N) is 1. The maximum Gasteiger partial charge on any atom is 0.243 e. The third kappa shape index (κ3) is 7.67. The number of piperidine rings is 1. The Labute approximate surface area is 162 Å². The summed E-state index contributed by atoms with van der Waals surface area (Å²) in [6.45, 7) is 6.49. The van der Waals surface area contributed by atoms with Gasteiger partial charge in [-0.1, -0.05) is 13.8 Å². The molecule has 0 bridgehead atoms. The minimum absolute atomic E-state index is 0. The lowest BCUT2D eigenvalue weighted by Gasteiger charge is -2.37. The summed E-state index contributed by atoms with van der Waals surface area (Å²) in [5, 5.41) is 3.12. The van der Waals surface area contributed by atoms with Gasteiger partial charge in [-0.3, -0.25) is 9.59 Å². The maximum absolute atomic E-state index is 11.8. The van der Waals surface area contributed by atoms with Crippen molar-refractivity contribution in [1.82, 2.24) is 20.0 Å². The van der Waals surface area contributed by atoms with Crippen LogP contribution in [0.2, 0.25) is 0 Å². The highest BCUT2D eigenvalue weighted by molar-refractivity contribution is 14.0. The molecule has 1 rings (SSSR count). The van der Waals surface area contributed by atoms with Gasteiger partial charge < -0.3 is 20.0 Å². The fraction of sp³-hybridized carbons (Fsp3) is 0.812. The first-order valence-electron chi connectivity index (χ1n) is 8.14. The predicted octanol–water partition coefficient (Wildman–Crippen LogP) is 0.704. The highest BCUT2D eigenvalue weighted by Crippen LogP contribution is 2.20. The lowest BCUT2D eigenvalue weighted by molar-refractivity contribution is -0.127. The molecule has 0 saturated carbocycles. The largest absolute Gasteiger partial charge is 0.347 e. The minimum atomic E-state index is -0.0543. The van der Waals surface area contributed by atoms with Gasteiger partial charge in [-0.15, -0.1) is 24.0 Å². The second kappa shape index (κ2) is 10.7. The zero-order chi connectivity index (χ0) is 17.6. The third-order valence-electron chi connectivity index (χ3n) is 3.93. The van der Waals surface area contributed by atoms with E-state index < -0.39 is 0 Å². The SMILES string of the molecule is CC1CC(C)CN(C(=NCC(=O)N(C)C)NCC(=O)N(C)C)C1.I. The van der Waals surface area contributed by atoms with E-state index in [0.717, 1.165) is 13.1 Å². The van der Waals surface area contributed by atoms with Gasteiger partial charge in [0, 0.05) is 41.3 Å². The number of halogens is 1. The first-order chi connectivity index (χ1) is 10.7. The molecule has 1 fully saturated rings. The van der Waals surface area contributed by atoms with E-state index in [9.17, 15) is 9.59 Å². The Bertz CT molecular complexity index is 444. The van der Waals surface area contributed by atoms with Crippen LogP contribution in [0, 0.1) is 11.8 Å². The molecule has 2 unspecified atom stereocenters. The van der Waals surface area contributed by atoms with Gasteiger partial charge in [-0.25, -0.2) is 4.99 Å². The van der Waals surface area contributed by atoms with Crippen molar-refractivity contribution in [3.8, 4) is 0 Å². The fourth-order valence-electron chi connectivity index (χ4n) is 2.70. The van der Waals surface area contributed by atoms with Crippen LogP contribution >= 0.6 is 24.0 Å². The molecule has 24 heavy (non-hydrogen) atoms. The van der Waals surface area contributed by atoms with E-state index in [4.69, 9.17) is 0 Å². The maximum atomic E-state index is 11.8. The highest BCUT2D eigenvalue weighted by atomic mass is 127. The Kier molecular flexibility index (Phi) is 10.3. The average Bonchev–Trinajstić information content (AvgIpc) is 2.45. The lowest BCUT2D eigenvalue weighted by Crippen LogP contribution is -2.50. The summed E-state index contributed by atoms with van der Waals surface area (Å²) in [6.07, 6.45) is 1.19. The molecular weight excluding hydrogens is 421 g/mol. The summed E-state index contributed by atoms with van der Waals surface area (Å²) < 4.78 is 0. The molecule has 1 heterocycles. The van der Waals surface area contributed by atoms with E-state index >= 15 is 0 Å². The number of nitrogens with zero attached hydrogens (tertiary/aromatic N) is 4. The predicted molar refractivity (Wildman–Crippen MR) is 108 cm³/mol. The zero-order valence-electron chi connectivity index (χ0n) is 15.7. The van der Waals surface area contributed by atoms with Crippen molar-refractivity contribution in [2.24, 2.45) is 16.8 Å². The van der Waals surface area contributed by atoms with Crippen LogP contribution in [-0.2, 0) is 9.59 Å². The monoisotopic (exact) mass is 453 g/mol. The molecule has 1 aliphatic heterocycles. The van der Waals surface area contributed by atoms with Crippen molar-refractivity contribution in [2.45, 2.75) is 20.3 Å². The fourth-order valence-corrected chi connectivity index (χ4v) is 2.70. The number of hydrogen-bond acceptors (Lipinski definition) is 3. The van der Waals surface area contributed by atoms with Crippen LogP contribution in [0.15, 0.2) is 4.99 Å². The molecule has 0 aromatic rings. The molecule has 1 aliphatic rings. The van der Waals surface area contributed by atoms with Crippen molar-refractivity contribution < 1.29 is 9.59 Å². The van der Waals surface area contributed by atoms with Gasteiger partial charge in [-0.2, -0.15) is 0 Å². The molecule has 1 saturated heterocycles. The minimum Gasteiger partial charge on any atom is -0.347 e. The number of likely N-dealkylation sites (N-methyl/N-ethyl adjacent to an activating group) is 2. The number of likely N-dealkylation sites (tertiary alicyclic amines) is 1. The van der Waals surface area contributed by atoms with E-state index in [1.165, 1.54) is 16.2 Å². The Morgan fingerprint density at radius 3 is 2.00 bits per heavy atom. The molecule has 0 radical (unpaired) electrons. The van der Waals surface area contributed by atoms with Crippen LogP contribution < -0.4 is 5.32 Å². The summed E-state index contributed by atoms with van der Waals surface area (Å²) in [5.74, 6) is 1.71. The van der Waals surface area contributed by atoms with Crippen molar-refractivity contribution in [3.63, 3.8) is 0 Å². The van der Waals surface area contributed by atoms with Crippen molar-refractivity contribution in [3.05, 3.63) is 0 Å². The normalized spacial score (nSPS) is 20.9. The molecule has 0 aliphatic carbocycles. The Morgan fingerprint density at radius 1 is 1.04 bits per heavy atom. The molecule has 7 nitrogen and oxygen atoms in total. The summed E-state index contributed by atoms with van der Waals surface area (Å²) in [5.41, 5.74) is 0. The first kappa shape index (κ1) is 22.9. The summed E-state index contributed by atoms with van der Waals surface area (Å²) in [6, 6.07) is 0. The van der Waals surface area contributed by atoms with Gasteiger partial charge in [0.05, 0.1) is 6.54 Å². The Balaban J connectivity index is 0.00000529. The van der Waals surface area contributed by atoms with Crippen molar-refractivity contribution in [2.75, 3.05) is 54.4 Å². The number of carbonyl (C=O) groups is 2. The van der Waals surface area contributed by atoms with E-state index in [0.29, 0.717) is 17.8 Å². The second-order valence-electron chi connectivity index (χ2n) is 6.92. The number of aliphatic imine (C=N–C) groups is 1. The van der Waals surface area contributed by atoms with Gasteiger partial charge in [-0.05, 0) is 18.3 Å². The van der Waals surface area contributed by atoms with Crippen molar-refractivity contribution in [1.29, 1.82) is 0 Å². The number of guanidine groups is 1. The quantitative estimate of drug-likeness (QED) is 0.387. The molecule has 0 aromatic carbocycles. The van der Waals surface area contributed by atoms with Crippen LogP contribution in [0.1, 0.15) is 20.3 Å². The summed E-state index contributed by atoms with van der Waals surface area (Å²) in [7, 11) is 6.88. The molecule has 0 spiro atoms. The van der Waals surface area contributed by atoms with Crippen molar-refractivity contribution >= 4 is 41.8 Å². The van der Waals surface area contributed by atoms with Crippen LogP contribution in [0.4, 0.5) is 0 Å². The zero-order valence-corrected chi connectivity index (χ0v) is 18.0. The van der Waals surface area contributed by atoms with Crippen LogP contribution in [0.5, 0.6) is 0 Å². The molecule has 2 amide bonds. The standard InChI is InChI=1S/C16H31N5O2.HI/c1-12-7-13(2)11-21(10-12)16(17-8-14(22)19(3)4)18-9-15(23)20(5)6;/h12-13H,7-11H2,1-6H3,(H,17,18);1H. The van der Waals surface area contributed by atoms with E-state index in [1.807, 2.05) is 0 Å². The molecule has 140 valence electrons. The van der Waals surface area contributed by atoms with Gasteiger partial charge >= 0.3 is 0 Å². The molecule has 0 aromatic heterocycles. The molecule has 2 atom stereocenters.